The molecule has 0 saturated carbocycles. The van der Waals surface area contributed by atoms with Gasteiger partial charge in [-0.1, -0.05) is 30.3 Å². The molecule has 0 saturated heterocycles. The van der Waals surface area contributed by atoms with Gasteiger partial charge in [0.05, 0.1) is 0 Å². The van der Waals surface area contributed by atoms with Crippen LogP contribution in [0, 0.1) is 5.41 Å². The Kier molecular flexibility index (Phi) is 2.63. The summed E-state index contributed by atoms with van der Waals surface area (Å²) in [6.45, 7) is 1.75. The third kappa shape index (κ3) is 1.90. The zero-order chi connectivity index (χ0) is 11.5. The van der Waals surface area contributed by atoms with Gasteiger partial charge < -0.3 is 5.73 Å². The van der Waals surface area contributed by atoms with Gasteiger partial charge in [-0.05, 0) is 12.1 Å². The predicted octanol–water partition coefficient (Wildman–Crippen LogP) is 0.837. The van der Waals surface area contributed by atoms with E-state index < -0.39 is 0 Å². The normalized spacial score (nSPS) is 12.3. The quantitative estimate of drug-likeness (QED) is 0.587. The smallest absolute Gasteiger partial charge is 0.204 e. The summed E-state index contributed by atoms with van der Waals surface area (Å²) in [5.41, 5.74) is 6.26. The molecule has 0 amide bonds. The molecular weight excluding hydrogens is 204 g/mol. The second kappa shape index (κ2) is 4.09. The minimum Gasteiger partial charge on any atom is -0.386 e. The Morgan fingerprint density at radius 3 is 2.69 bits per heavy atom. The zero-order valence-corrected chi connectivity index (χ0v) is 8.83. The molecule has 1 unspecified atom stereocenters. The SMILES string of the molecule is CC(C(=N)N)n1nnc(-c2ccccc2)n1. The van der Waals surface area contributed by atoms with Crippen LogP contribution in [-0.4, -0.2) is 26.0 Å². The lowest BCUT2D eigenvalue weighted by Gasteiger charge is -2.05. The Labute approximate surface area is 92.6 Å². The van der Waals surface area contributed by atoms with E-state index in [2.05, 4.69) is 15.4 Å². The van der Waals surface area contributed by atoms with Gasteiger partial charge in [0.15, 0.2) is 0 Å². The molecule has 1 heterocycles. The molecule has 1 aromatic heterocycles. The predicted molar refractivity (Wildman–Crippen MR) is 59.9 cm³/mol. The molecule has 0 aliphatic rings. The first kappa shape index (κ1) is 10.3. The standard InChI is InChI=1S/C10H12N6/c1-7(9(11)12)16-14-10(13-15-16)8-5-3-2-4-6-8/h2-7H,1H3,(H3,11,12). The summed E-state index contributed by atoms with van der Waals surface area (Å²) < 4.78 is 0. The van der Waals surface area contributed by atoms with Crippen LogP contribution in [0.25, 0.3) is 11.4 Å². The summed E-state index contributed by atoms with van der Waals surface area (Å²) in [4.78, 5) is 1.34. The zero-order valence-electron chi connectivity index (χ0n) is 8.83. The molecule has 82 valence electrons. The van der Waals surface area contributed by atoms with Crippen molar-refractivity contribution in [2.45, 2.75) is 13.0 Å². The third-order valence-corrected chi connectivity index (χ3v) is 2.26. The molecule has 1 aromatic carbocycles. The summed E-state index contributed by atoms with van der Waals surface area (Å²) in [6, 6.07) is 9.17. The number of rotatable bonds is 3. The molecule has 6 nitrogen and oxygen atoms in total. The maximum Gasteiger partial charge on any atom is 0.204 e. The van der Waals surface area contributed by atoms with Crippen molar-refractivity contribution in [3.05, 3.63) is 30.3 Å². The van der Waals surface area contributed by atoms with E-state index in [1.54, 1.807) is 6.92 Å². The Bertz CT molecular complexity index is 489. The molecule has 0 bridgehead atoms. The highest BCUT2D eigenvalue weighted by Crippen LogP contribution is 2.13. The summed E-state index contributed by atoms with van der Waals surface area (Å²) in [6.07, 6.45) is 0. The Balaban J connectivity index is 2.30. The van der Waals surface area contributed by atoms with Crippen LogP contribution in [0.2, 0.25) is 0 Å². The second-order valence-electron chi connectivity index (χ2n) is 3.43. The highest BCUT2D eigenvalue weighted by atomic mass is 15.6. The van der Waals surface area contributed by atoms with Crippen molar-refractivity contribution in [1.29, 1.82) is 5.41 Å². The number of amidine groups is 1. The topological polar surface area (TPSA) is 93.5 Å². The van der Waals surface area contributed by atoms with Crippen molar-refractivity contribution < 1.29 is 0 Å². The number of benzene rings is 1. The number of tetrazole rings is 1. The highest BCUT2D eigenvalue weighted by molar-refractivity contribution is 5.80. The molecule has 0 aliphatic carbocycles. The molecule has 16 heavy (non-hydrogen) atoms. The van der Waals surface area contributed by atoms with Gasteiger partial charge in [-0.2, -0.15) is 4.80 Å². The maximum atomic E-state index is 7.30. The maximum absolute atomic E-state index is 7.30. The number of nitrogens with one attached hydrogen (secondary N) is 1. The molecule has 0 spiro atoms. The lowest BCUT2D eigenvalue weighted by Crippen LogP contribution is -2.25. The molecule has 6 heteroatoms. The van der Waals surface area contributed by atoms with E-state index >= 15 is 0 Å². The first-order valence-electron chi connectivity index (χ1n) is 4.87. The Morgan fingerprint density at radius 1 is 1.38 bits per heavy atom. The molecule has 0 fully saturated rings. The molecule has 3 N–H and O–H groups in total. The second-order valence-corrected chi connectivity index (χ2v) is 3.43. The minimum atomic E-state index is -0.370. The molecular formula is C10H12N6. The van der Waals surface area contributed by atoms with E-state index in [9.17, 15) is 0 Å². The van der Waals surface area contributed by atoms with E-state index in [-0.39, 0.29) is 11.9 Å². The van der Waals surface area contributed by atoms with Gasteiger partial charge in [-0.15, -0.1) is 10.2 Å². The number of nitrogens with zero attached hydrogens (tertiary/aromatic N) is 4. The van der Waals surface area contributed by atoms with Gasteiger partial charge in [-0.25, -0.2) is 0 Å². The van der Waals surface area contributed by atoms with Crippen molar-refractivity contribution in [2.24, 2.45) is 5.73 Å². The van der Waals surface area contributed by atoms with E-state index in [4.69, 9.17) is 11.1 Å². The molecule has 0 aliphatic heterocycles. The van der Waals surface area contributed by atoms with Gasteiger partial charge in [0.2, 0.25) is 5.82 Å². The van der Waals surface area contributed by atoms with E-state index in [0.717, 1.165) is 5.56 Å². The van der Waals surface area contributed by atoms with E-state index in [0.29, 0.717) is 5.82 Å². The van der Waals surface area contributed by atoms with Crippen molar-refractivity contribution >= 4 is 5.84 Å². The van der Waals surface area contributed by atoms with Gasteiger partial charge in [0.25, 0.3) is 0 Å². The van der Waals surface area contributed by atoms with Gasteiger partial charge in [-0.3, -0.25) is 5.41 Å². The van der Waals surface area contributed by atoms with E-state index in [1.165, 1.54) is 4.80 Å². The summed E-state index contributed by atoms with van der Waals surface area (Å²) in [5.74, 6) is 0.547. The summed E-state index contributed by atoms with van der Waals surface area (Å²) in [5, 5.41) is 19.3. The molecule has 2 rings (SSSR count). The lowest BCUT2D eigenvalue weighted by molar-refractivity contribution is 0.510. The largest absolute Gasteiger partial charge is 0.386 e. The van der Waals surface area contributed by atoms with Crippen LogP contribution in [0.15, 0.2) is 30.3 Å². The van der Waals surface area contributed by atoms with Crippen LogP contribution in [0.1, 0.15) is 13.0 Å². The van der Waals surface area contributed by atoms with Crippen molar-refractivity contribution in [3.8, 4) is 11.4 Å². The Hall–Kier alpha value is -2.24. The van der Waals surface area contributed by atoms with Crippen LogP contribution in [-0.2, 0) is 0 Å². The van der Waals surface area contributed by atoms with Crippen LogP contribution in [0.3, 0.4) is 0 Å². The Morgan fingerprint density at radius 2 is 2.06 bits per heavy atom. The van der Waals surface area contributed by atoms with Crippen LogP contribution in [0.4, 0.5) is 0 Å². The lowest BCUT2D eigenvalue weighted by atomic mass is 10.2. The number of nitrogens with two attached hydrogens (primary N) is 1. The van der Waals surface area contributed by atoms with Crippen LogP contribution in [0.5, 0.6) is 0 Å². The van der Waals surface area contributed by atoms with Crippen molar-refractivity contribution in [1.82, 2.24) is 20.2 Å². The van der Waals surface area contributed by atoms with Crippen molar-refractivity contribution in [3.63, 3.8) is 0 Å². The van der Waals surface area contributed by atoms with Gasteiger partial charge in [0.1, 0.15) is 11.9 Å². The molecule has 1 atom stereocenters. The fourth-order valence-electron chi connectivity index (χ4n) is 1.22. The fourth-order valence-corrected chi connectivity index (χ4v) is 1.22. The average molecular weight is 216 g/mol. The molecule has 0 radical (unpaired) electrons. The minimum absolute atomic E-state index is 0.0111. The van der Waals surface area contributed by atoms with Crippen molar-refractivity contribution in [2.75, 3.05) is 0 Å². The summed E-state index contributed by atoms with van der Waals surface area (Å²) >= 11 is 0. The molecule has 2 aromatic rings. The number of aromatic nitrogens is 4. The average Bonchev–Trinajstić information content (AvgIpc) is 2.78. The fraction of sp³-hybridized carbons (Fsp3) is 0.200. The van der Waals surface area contributed by atoms with Gasteiger partial charge in [0, 0.05) is 5.56 Å². The first-order valence-corrected chi connectivity index (χ1v) is 4.87. The first-order chi connectivity index (χ1) is 7.68. The summed E-state index contributed by atoms with van der Waals surface area (Å²) in [7, 11) is 0. The number of hydrogen-bond donors (Lipinski definition) is 2. The van der Waals surface area contributed by atoms with Crippen LogP contribution >= 0.6 is 0 Å². The van der Waals surface area contributed by atoms with Crippen LogP contribution < -0.4 is 5.73 Å². The number of hydrogen-bond acceptors (Lipinski definition) is 4. The monoisotopic (exact) mass is 216 g/mol. The third-order valence-electron chi connectivity index (χ3n) is 2.26. The van der Waals surface area contributed by atoms with E-state index in [1.807, 2.05) is 30.3 Å². The highest BCUT2D eigenvalue weighted by Gasteiger charge is 2.12. The van der Waals surface area contributed by atoms with Gasteiger partial charge >= 0.3 is 0 Å².